The maximum atomic E-state index is 12.7. The van der Waals surface area contributed by atoms with E-state index in [0.717, 1.165) is 0 Å². The summed E-state index contributed by atoms with van der Waals surface area (Å²) in [6.07, 6.45) is 0. The van der Waals surface area contributed by atoms with Gasteiger partial charge in [-0.2, -0.15) is 0 Å². The van der Waals surface area contributed by atoms with Crippen LogP contribution in [0, 0.1) is 6.92 Å². The van der Waals surface area contributed by atoms with Crippen LogP contribution >= 0.6 is 11.6 Å². The van der Waals surface area contributed by atoms with Gasteiger partial charge in [-0.15, -0.1) is 0 Å². The first-order valence-corrected chi connectivity index (χ1v) is 6.86. The number of halogens is 1. The van der Waals surface area contributed by atoms with Gasteiger partial charge in [-0.05, 0) is 25.1 Å². The number of benzene rings is 2. The van der Waals surface area contributed by atoms with Crippen LogP contribution < -0.4 is 10.2 Å². The fraction of sp³-hybridized carbons (Fsp3) is 0.118. The van der Waals surface area contributed by atoms with E-state index in [1.807, 2.05) is 18.2 Å². The monoisotopic (exact) mass is 300 g/mol. The summed E-state index contributed by atoms with van der Waals surface area (Å²) in [5, 5.41) is 1.04. The predicted molar refractivity (Wildman–Crippen MR) is 84.2 cm³/mol. The van der Waals surface area contributed by atoms with E-state index in [1.54, 1.807) is 38.3 Å². The lowest BCUT2D eigenvalue weighted by Crippen LogP contribution is -2.07. The molecule has 0 spiro atoms. The van der Waals surface area contributed by atoms with Crippen LogP contribution in [0.1, 0.15) is 5.76 Å². The first-order valence-electron chi connectivity index (χ1n) is 6.48. The van der Waals surface area contributed by atoms with Crippen molar-refractivity contribution in [2.45, 2.75) is 6.92 Å². The molecule has 1 aromatic heterocycles. The number of rotatable bonds is 2. The summed E-state index contributed by atoms with van der Waals surface area (Å²) in [6, 6.07) is 12.4. The average Bonchev–Trinajstić information content (AvgIpc) is 2.48. The second-order valence-corrected chi connectivity index (χ2v) is 5.11. The highest BCUT2D eigenvalue weighted by Crippen LogP contribution is 2.30. The van der Waals surface area contributed by atoms with Crippen molar-refractivity contribution in [2.75, 3.05) is 7.11 Å². The van der Waals surface area contributed by atoms with E-state index in [4.69, 9.17) is 20.8 Å². The number of methoxy groups -OCH3 is 1. The normalized spacial score (nSPS) is 10.8. The third-order valence-electron chi connectivity index (χ3n) is 3.42. The summed E-state index contributed by atoms with van der Waals surface area (Å²) in [7, 11) is 1.57. The minimum Gasteiger partial charge on any atom is -0.497 e. The van der Waals surface area contributed by atoms with E-state index in [-0.39, 0.29) is 5.43 Å². The van der Waals surface area contributed by atoms with Crippen LogP contribution in [0.5, 0.6) is 5.75 Å². The first-order chi connectivity index (χ1) is 10.1. The molecule has 2 aromatic carbocycles. The number of hydrogen-bond donors (Lipinski definition) is 0. The second kappa shape index (κ2) is 5.26. The first kappa shape index (κ1) is 13.7. The summed E-state index contributed by atoms with van der Waals surface area (Å²) in [5.41, 5.74) is 1.60. The van der Waals surface area contributed by atoms with Crippen LogP contribution in [-0.2, 0) is 0 Å². The molecule has 3 nitrogen and oxygen atoms in total. The maximum absolute atomic E-state index is 12.7. The highest BCUT2D eigenvalue weighted by molar-refractivity contribution is 6.33. The Morgan fingerprint density at radius 2 is 1.90 bits per heavy atom. The lowest BCUT2D eigenvalue weighted by Gasteiger charge is -2.09. The minimum absolute atomic E-state index is 0.0931. The van der Waals surface area contributed by atoms with Crippen molar-refractivity contribution in [3.8, 4) is 16.9 Å². The van der Waals surface area contributed by atoms with Gasteiger partial charge in [0.05, 0.1) is 18.1 Å². The lowest BCUT2D eigenvalue weighted by molar-refractivity contribution is 0.414. The third-order valence-corrected chi connectivity index (χ3v) is 3.75. The predicted octanol–water partition coefficient (Wildman–Crippen LogP) is 4.43. The summed E-state index contributed by atoms with van der Waals surface area (Å²) < 4.78 is 10.9. The molecule has 0 amide bonds. The smallest absolute Gasteiger partial charge is 0.200 e. The highest BCUT2D eigenvalue weighted by atomic mass is 35.5. The Bertz CT molecular complexity index is 881. The molecule has 4 heteroatoms. The summed E-state index contributed by atoms with van der Waals surface area (Å²) in [4.78, 5) is 12.7. The molecule has 0 atom stereocenters. The molecular weight excluding hydrogens is 288 g/mol. The molecule has 0 saturated heterocycles. The molecule has 0 unspecified atom stereocenters. The second-order valence-electron chi connectivity index (χ2n) is 4.70. The molecule has 0 saturated carbocycles. The van der Waals surface area contributed by atoms with Gasteiger partial charge in [0.1, 0.15) is 17.1 Å². The van der Waals surface area contributed by atoms with Gasteiger partial charge in [-0.3, -0.25) is 4.79 Å². The zero-order valence-electron chi connectivity index (χ0n) is 11.6. The number of hydrogen-bond acceptors (Lipinski definition) is 3. The molecule has 0 radical (unpaired) electrons. The van der Waals surface area contributed by atoms with E-state index < -0.39 is 0 Å². The molecule has 0 bridgehead atoms. The fourth-order valence-corrected chi connectivity index (χ4v) is 2.62. The van der Waals surface area contributed by atoms with E-state index in [9.17, 15) is 4.79 Å². The minimum atomic E-state index is -0.0931. The SMILES string of the molecule is COc1ccc2c(=O)c(-c3ccccc3Cl)c(C)oc2c1. The Morgan fingerprint density at radius 1 is 1.14 bits per heavy atom. The Hall–Kier alpha value is -2.26. The van der Waals surface area contributed by atoms with Gasteiger partial charge >= 0.3 is 0 Å². The average molecular weight is 301 g/mol. The largest absolute Gasteiger partial charge is 0.497 e. The van der Waals surface area contributed by atoms with Crippen molar-refractivity contribution in [1.29, 1.82) is 0 Å². The van der Waals surface area contributed by atoms with Crippen molar-refractivity contribution in [2.24, 2.45) is 0 Å². The molecule has 1 heterocycles. The molecule has 3 aromatic rings. The topological polar surface area (TPSA) is 39.4 Å². The van der Waals surface area contributed by atoms with Crippen molar-refractivity contribution >= 4 is 22.6 Å². The van der Waals surface area contributed by atoms with Crippen LogP contribution in [0.3, 0.4) is 0 Å². The van der Waals surface area contributed by atoms with Crippen LogP contribution in [0.25, 0.3) is 22.1 Å². The van der Waals surface area contributed by atoms with Gasteiger partial charge < -0.3 is 9.15 Å². The molecule has 0 fully saturated rings. The third kappa shape index (κ3) is 2.30. The Morgan fingerprint density at radius 3 is 2.62 bits per heavy atom. The molecule has 21 heavy (non-hydrogen) atoms. The van der Waals surface area contributed by atoms with E-state index in [2.05, 4.69) is 0 Å². The molecule has 0 aliphatic heterocycles. The van der Waals surface area contributed by atoms with Crippen LogP contribution in [0.15, 0.2) is 51.7 Å². The lowest BCUT2D eigenvalue weighted by atomic mass is 10.0. The van der Waals surface area contributed by atoms with Gasteiger partial charge in [0, 0.05) is 16.7 Å². The van der Waals surface area contributed by atoms with Crippen LogP contribution in [-0.4, -0.2) is 7.11 Å². The number of aryl methyl sites for hydroxylation is 1. The van der Waals surface area contributed by atoms with Crippen molar-refractivity contribution < 1.29 is 9.15 Å². The summed E-state index contributed by atoms with van der Waals surface area (Å²) >= 11 is 6.20. The van der Waals surface area contributed by atoms with Crippen LogP contribution in [0.2, 0.25) is 5.02 Å². The standard InChI is InChI=1S/C17H13ClO3/c1-10-16(12-5-3-4-6-14(12)18)17(19)13-8-7-11(20-2)9-15(13)21-10/h3-9H,1-2H3. The van der Waals surface area contributed by atoms with Crippen molar-refractivity contribution in [3.05, 3.63) is 63.5 Å². The number of ether oxygens (including phenoxy) is 1. The van der Waals surface area contributed by atoms with E-state index in [1.165, 1.54) is 0 Å². The van der Waals surface area contributed by atoms with E-state index in [0.29, 0.717) is 38.6 Å². The summed E-state index contributed by atoms with van der Waals surface area (Å²) in [5.74, 6) is 1.18. The van der Waals surface area contributed by atoms with Gasteiger partial charge in [-0.1, -0.05) is 29.8 Å². The number of fused-ring (bicyclic) bond motifs is 1. The van der Waals surface area contributed by atoms with Crippen molar-refractivity contribution in [1.82, 2.24) is 0 Å². The Balaban J connectivity index is 2.36. The van der Waals surface area contributed by atoms with Crippen molar-refractivity contribution in [3.63, 3.8) is 0 Å². The van der Waals surface area contributed by atoms with E-state index >= 15 is 0 Å². The Labute approximate surface area is 126 Å². The maximum Gasteiger partial charge on any atom is 0.200 e. The van der Waals surface area contributed by atoms with Crippen LogP contribution in [0.4, 0.5) is 0 Å². The van der Waals surface area contributed by atoms with Gasteiger partial charge in [-0.25, -0.2) is 0 Å². The molecular formula is C17H13ClO3. The van der Waals surface area contributed by atoms with Gasteiger partial charge in [0.25, 0.3) is 0 Å². The summed E-state index contributed by atoms with van der Waals surface area (Å²) in [6.45, 7) is 1.76. The quantitative estimate of drug-likeness (QED) is 0.703. The molecule has 106 valence electrons. The van der Waals surface area contributed by atoms with Gasteiger partial charge in [0.15, 0.2) is 0 Å². The molecule has 0 aliphatic carbocycles. The fourth-order valence-electron chi connectivity index (χ4n) is 2.39. The highest BCUT2D eigenvalue weighted by Gasteiger charge is 2.15. The molecule has 0 aliphatic rings. The van der Waals surface area contributed by atoms with Gasteiger partial charge in [0.2, 0.25) is 5.43 Å². The zero-order valence-corrected chi connectivity index (χ0v) is 12.4. The molecule has 3 rings (SSSR count). The Kier molecular flexibility index (Phi) is 3.43. The molecule has 0 N–H and O–H groups in total. The zero-order chi connectivity index (χ0) is 15.0.